The summed E-state index contributed by atoms with van der Waals surface area (Å²) in [7, 11) is 0. The van der Waals surface area contributed by atoms with Gasteiger partial charge in [-0.15, -0.1) is 0 Å². The Hall–Kier alpha value is -1.80. The molecule has 1 aromatic heterocycles. The van der Waals surface area contributed by atoms with Crippen molar-refractivity contribution in [1.29, 1.82) is 0 Å². The van der Waals surface area contributed by atoms with E-state index in [1.807, 2.05) is 6.92 Å². The normalized spacial score (nSPS) is 10.7. The quantitative estimate of drug-likeness (QED) is 0.383. The van der Waals surface area contributed by atoms with E-state index in [9.17, 15) is 14.9 Å². The first-order chi connectivity index (χ1) is 9.65. The summed E-state index contributed by atoms with van der Waals surface area (Å²) >= 11 is 0. The molecule has 0 aliphatic rings. The number of hydrogen-bond donors (Lipinski definition) is 1. The van der Waals surface area contributed by atoms with Crippen LogP contribution in [0.4, 0.5) is 5.69 Å². The first-order valence-electron chi connectivity index (χ1n) is 6.64. The van der Waals surface area contributed by atoms with Crippen molar-refractivity contribution in [3.63, 3.8) is 0 Å². The van der Waals surface area contributed by atoms with Gasteiger partial charge in [0, 0.05) is 26.3 Å². The molecule has 1 N–H and O–H groups in total. The van der Waals surface area contributed by atoms with Gasteiger partial charge in [-0.25, -0.2) is 4.79 Å². The van der Waals surface area contributed by atoms with E-state index in [-0.39, 0.29) is 5.69 Å². The molecule has 0 atom stereocenters. The molecule has 20 heavy (non-hydrogen) atoms. The molecule has 0 spiro atoms. The van der Waals surface area contributed by atoms with Crippen LogP contribution in [0.3, 0.4) is 0 Å². The van der Waals surface area contributed by atoms with Crippen LogP contribution in [0.1, 0.15) is 19.8 Å². The molecular weight excluding hydrogens is 264 g/mol. The SMILES string of the molecule is CCOCCCCNCCn1cc([N+](=O)[O-])cnc1=O. The average molecular weight is 284 g/mol. The Morgan fingerprint density at radius 1 is 1.45 bits per heavy atom. The van der Waals surface area contributed by atoms with Crippen molar-refractivity contribution in [2.45, 2.75) is 26.3 Å². The number of unbranched alkanes of at least 4 members (excludes halogenated alkanes) is 1. The predicted octanol–water partition coefficient (Wildman–Crippen LogP) is 0.558. The first kappa shape index (κ1) is 16.3. The third-order valence-corrected chi connectivity index (χ3v) is 2.68. The molecule has 1 rings (SSSR count). The zero-order chi connectivity index (χ0) is 14.8. The van der Waals surface area contributed by atoms with Gasteiger partial charge in [-0.3, -0.25) is 14.7 Å². The number of nitro groups is 1. The minimum absolute atomic E-state index is 0.179. The standard InChI is InChI=1S/C12H20N4O4/c1-2-20-8-4-3-5-13-6-7-15-10-11(16(18)19)9-14-12(15)17/h9-10,13H,2-8H2,1H3. The third kappa shape index (κ3) is 5.89. The van der Waals surface area contributed by atoms with Crippen molar-refractivity contribution in [3.8, 4) is 0 Å². The molecule has 0 aliphatic heterocycles. The van der Waals surface area contributed by atoms with E-state index in [1.165, 1.54) is 10.8 Å². The highest BCUT2D eigenvalue weighted by Crippen LogP contribution is 2.04. The van der Waals surface area contributed by atoms with Crippen molar-refractivity contribution < 1.29 is 9.66 Å². The molecule has 0 saturated carbocycles. The molecular formula is C12H20N4O4. The topological polar surface area (TPSA) is 99.3 Å². The molecule has 0 fully saturated rings. The number of nitrogens with one attached hydrogen (secondary N) is 1. The monoisotopic (exact) mass is 284 g/mol. The Labute approximate surface area is 116 Å². The summed E-state index contributed by atoms with van der Waals surface area (Å²) in [5.74, 6) is 0. The fourth-order valence-electron chi connectivity index (χ4n) is 1.62. The Morgan fingerprint density at radius 3 is 2.95 bits per heavy atom. The number of nitrogens with zero attached hydrogens (tertiary/aromatic N) is 3. The minimum atomic E-state index is -0.565. The predicted molar refractivity (Wildman–Crippen MR) is 73.7 cm³/mol. The van der Waals surface area contributed by atoms with E-state index in [2.05, 4.69) is 10.3 Å². The summed E-state index contributed by atoms with van der Waals surface area (Å²) in [6.07, 6.45) is 4.16. The van der Waals surface area contributed by atoms with Crippen LogP contribution >= 0.6 is 0 Å². The van der Waals surface area contributed by atoms with Crippen molar-refractivity contribution in [2.75, 3.05) is 26.3 Å². The second-order valence-electron chi connectivity index (χ2n) is 4.20. The van der Waals surface area contributed by atoms with E-state index in [4.69, 9.17) is 4.74 Å². The molecule has 0 radical (unpaired) electrons. The van der Waals surface area contributed by atoms with Crippen LogP contribution in [0, 0.1) is 10.1 Å². The number of ether oxygens (including phenoxy) is 1. The van der Waals surface area contributed by atoms with Crippen LogP contribution in [-0.4, -0.2) is 40.8 Å². The average Bonchev–Trinajstić information content (AvgIpc) is 2.43. The van der Waals surface area contributed by atoms with Crippen LogP contribution in [0.5, 0.6) is 0 Å². The van der Waals surface area contributed by atoms with Gasteiger partial charge in [0.25, 0.3) is 0 Å². The van der Waals surface area contributed by atoms with Gasteiger partial charge >= 0.3 is 11.4 Å². The van der Waals surface area contributed by atoms with Gasteiger partial charge in [-0.1, -0.05) is 0 Å². The smallest absolute Gasteiger partial charge is 0.348 e. The largest absolute Gasteiger partial charge is 0.382 e. The van der Waals surface area contributed by atoms with Crippen molar-refractivity contribution >= 4 is 5.69 Å². The molecule has 0 aromatic carbocycles. The van der Waals surface area contributed by atoms with E-state index >= 15 is 0 Å². The third-order valence-electron chi connectivity index (χ3n) is 2.68. The molecule has 1 heterocycles. The highest BCUT2D eigenvalue weighted by Gasteiger charge is 2.08. The Kier molecular flexibility index (Phi) is 7.44. The van der Waals surface area contributed by atoms with Crippen LogP contribution in [0.15, 0.2) is 17.2 Å². The van der Waals surface area contributed by atoms with Gasteiger partial charge in [-0.2, -0.15) is 4.98 Å². The lowest BCUT2D eigenvalue weighted by molar-refractivity contribution is -0.385. The van der Waals surface area contributed by atoms with Crippen molar-refractivity contribution in [2.24, 2.45) is 0 Å². The number of rotatable bonds is 10. The van der Waals surface area contributed by atoms with Crippen LogP contribution in [0.25, 0.3) is 0 Å². The number of hydrogen-bond acceptors (Lipinski definition) is 6. The van der Waals surface area contributed by atoms with Crippen molar-refractivity contribution in [3.05, 3.63) is 33.0 Å². The van der Waals surface area contributed by atoms with E-state index in [0.717, 1.165) is 38.8 Å². The molecule has 0 aliphatic carbocycles. The molecule has 0 saturated heterocycles. The van der Waals surface area contributed by atoms with Gasteiger partial charge in [0.1, 0.15) is 6.20 Å². The Balaban J connectivity index is 2.26. The summed E-state index contributed by atoms with van der Waals surface area (Å²) < 4.78 is 6.46. The zero-order valence-electron chi connectivity index (χ0n) is 11.6. The lowest BCUT2D eigenvalue weighted by Crippen LogP contribution is -2.28. The van der Waals surface area contributed by atoms with Crippen LogP contribution < -0.4 is 11.0 Å². The fourth-order valence-corrected chi connectivity index (χ4v) is 1.62. The van der Waals surface area contributed by atoms with E-state index < -0.39 is 10.6 Å². The summed E-state index contributed by atoms with van der Waals surface area (Å²) in [6, 6.07) is 0. The van der Waals surface area contributed by atoms with Crippen molar-refractivity contribution in [1.82, 2.24) is 14.9 Å². The van der Waals surface area contributed by atoms with Crippen LogP contribution in [0.2, 0.25) is 0 Å². The van der Waals surface area contributed by atoms with Gasteiger partial charge in [0.05, 0.1) is 11.1 Å². The van der Waals surface area contributed by atoms with E-state index in [1.54, 1.807) is 0 Å². The van der Waals surface area contributed by atoms with Crippen LogP contribution in [-0.2, 0) is 11.3 Å². The van der Waals surface area contributed by atoms with Gasteiger partial charge in [-0.05, 0) is 26.3 Å². The maximum atomic E-state index is 11.4. The van der Waals surface area contributed by atoms with Gasteiger partial charge in [0.15, 0.2) is 0 Å². The fraction of sp³-hybridized carbons (Fsp3) is 0.667. The summed E-state index contributed by atoms with van der Waals surface area (Å²) in [6.45, 7) is 5.20. The zero-order valence-corrected chi connectivity index (χ0v) is 11.6. The summed E-state index contributed by atoms with van der Waals surface area (Å²) in [4.78, 5) is 24.9. The Bertz CT molecular complexity index is 475. The van der Waals surface area contributed by atoms with Gasteiger partial charge in [0.2, 0.25) is 0 Å². The molecule has 112 valence electrons. The maximum Gasteiger partial charge on any atom is 0.348 e. The molecule has 8 heteroatoms. The lowest BCUT2D eigenvalue weighted by atomic mass is 10.3. The summed E-state index contributed by atoms with van der Waals surface area (Å²) in [5, 5.41) is 13.8. The molecule has 0 unspecified atom stereocenters. The molecule has 8 nitrogen and oxygen atoms in total. The lowest BCUT2D eigenvalue weighted by Gasteiger charge is -2.06. The molecule has 1 aromatic rings. The second-order valence-corrected chi connectivity index (χ2v) is 4.20. The summed E-state index contributed by atoms with van der Waals surface area (Å²) in [5.41, 5.74) is -0.657. The maximum absolute atomic E-state index is 11.4. The number of aromatic nitrogens is 2. The second kappa shape index (κ2) is 9.16. The Morgan fingerprint density at radius 2 is 2.25 bits per heavy atom. The highest BCUT2D eigenvalue weighted by atomic mass is 16.6. The minimum Gasteiger partial charge on any atom is -0.382 e. The molecule has 0 amide bonds. The van der Waals surface area contributed by atoms with E-state index in [0.29, 0.717) is 13.1 Å². The first-order valence-corrected chi connectivity index (χ1v) is 6.64. The highest BCUT2D eigenvalue weighted by molar-refractivity contribution is 5.20. The van der Waals surface area contributed by atoms with Gasteiger partial charge < -0.3 is 10.1 Å². The molecule has 0 bridgehead atoms.